The number of aryl methyl sites for hydroxylation is 2. The van der Waals surface area contributed by atoms with Crippen LogP contribution in [0.2, 0.25) is 0 Å². The Morgan fingerprint density at radius 3 is 2.27 bits per heavy atom. The Balaban J connectivity index is 0.00000112. The standard InChI is InChI=1S/C13H14N.W/c1-3-12-6-8-13(9-7-12)14-10-4-5-11(14)2;/h4-9H,3H2,1-2H3;/q-1;. The van der Waals surface area contributed by atoms with Crippen LogP contribution in [0.15, 0.2) is 36.4 Å². The summed E-state index contributed by atoms with van der Waals surface area (Å²) in [6.07, 6.45) is 4.27. The van der Waals surface area contributed by atoms with Gasteiger partial charge in [0.15, 0.2) is 0 Å². The van der Waals surface area contributed by atoms with Crippen LogP contribution < -0.4 is 0 Å². The van der Waals surface area contributed by atoms with E-state index < -0.39 is 0 Å². The van der Waals surface area contributed by atoms with E-state index in [1.165, 1.54) is 16.9 Å². The van der Waals surface area contributed by atoms with Crippen molar-refractivity contribution in [3.05, 3.63) is 53.9 Å². The SMILES string of the molecule is CCc1ccc(-n2[c-]ccc2C)cc1.[W]. The zero-order valence-corrected chi connectivity index (χ0v) is 12.0. The molecule has 2 rings (SSSR count). The van der Waals surface area contributed by atoms with Gasteiger partial charge in [0.2, 0.25) is 0 Å². The molecule has 0 bridgehead atoms. The molecular weight excluding hydrogens is 354 g/mol. The van der Waals surface area contributed by atoms with E-state index >= 15 is 0 Å². The number of benzene rings is 1. The van der Waals surface area contributed by atoms with E-state index in [-0.39, 0.29) is 21.1 Å². The molecule has 0 fully saturated rings. The van der Waals surface area contributed by atoms with Crippen molar-refractivity contribution in [2.24, 2.45) is 0 Å². The molecule has 0 radical (unpaired) electrons. The Labute approximate surface area is 105 Å². The molecule has 1 heterocycles. The zero-order chi connectivity index (χ0) is 9.97. The molecule has 0 aliphatic carbocycles. The van der Waals surface area contributed by atoms with Crippen LogP contribution in [0.25, 0.3) is 5.69 Å². The van der Waals surface area contributed by atoms with Gasteiger partial charge in [-0.3, -0.25) is 0 Å². The third-order valence-electron chi connectivity index (χ3n) is 2.48. The first-order valence-corrected chi connectivity index (χ1v) is 4.96. The van der Waals surface area contributed by atoms with Gasteiger partial charge in [-0.15, -0.1) is 11.8 Å². The topological polar surface area (TPSA) is 4.93 Å². The van der Waals surface area contributed by atoms with E-state index in [1.54, 1.807) is 0 Å². The van der Waals surface area contributed by atoms with Gasteiger partial charge in [0.1, 0.15) is 0 Å². The van der Waals surface area contributed by atoms with Crippen molar-refractivity contribution in [1.29, 1.82) is 0 Å². The molecule has 0 atom stereocenters. The summed E-state index contributed by atoms with van der Waals surface area (Å²) in [5, 5.41) is 0. The van der Waals surface area contributed by atoms with Gasteiger partial charge < -0.3 is 4.57 Å². The van der Waals surface area contributed by atoms with E-state index in [0.717, 1.165) is 6.42 Å². The molecule has 1 aromatic heterocycles. The maximum atomic E-state index is 3.18. The average Bonchev–Trinajstić information content (AvgIpc) is 2.65. The van der Waals surface area contributed by atoms with E-state index in [4.69, 9.17) is 0 Å². The third-order valence-corrected chi connectivity index (χ3v) is 2.48. The fourth-order valence-electron chi connectivity index (χ4n) is 1.57. The van der Waals surface area contributed by atoms with Crippen molar-refractivity contribution < 1.29 is 21.1 Å². The Morgan fingerprint density at radius 2 is 1.80 bits per heavy atom. The first kappa shape index (κ1) is 12.3. The molecule has 0 aliphatic rings. The molecule has 0 saturated heterocycles. The molecule has 0 saturated carbocycles. The van der Waals surface area contributed by atoms with Crippen LogP contribution in [-0.2, 0) is 27.5 Å². The summed E-state index contributed by atoms with van der Waals surface area (Å²) in [4.78, 5) is 0. The summed E-state index contributed by atoms with van der Waals surface area (Å²) >= 11 is 0. The smallest absolute Gasteiger partial charge is 0 e. The second kappa shape index (κ2) is 5.32. The molecule has 0 spiro atoms. The minimum atomic E-state index is 0. The normalized spacial score (nSPS) is 9.73. The van der Waals surface area contributed by atoms with Crippen molar-refractivity contribution >= 4 is 0 Å². The second-order valence-electron chi connectivity index (χ2n) is 3.46. The minimum absolute atomic E-state index is 0. The molecule has 0 amide bonds. The van der Waals surface area contributed by atoms with Gasteiger partial charge in [0.25, 0.3) is 0 Å². The zero-order valence-electron chi connectivity index (χ0n) is 9.03. The average molecular weight is 368 g/mol. The van der Waals surface area contributed by atoms with E-state index in [1.807, 2.05) is 6.07 Å². The van der Waals surface area contributed by atoms with Gasteiger partial charge in [-0.05, 0) is 17.7 Å². The second-order valence-corrected chi connectivity index (χ2v) is 3.46. The minimum Gasteiger partial charge on any atom is -0.448 e. The van der Waals surface area contributed by atoms with Gasteiger partial charge in [-0.1, -0.05) is 44.3 Å². The number of nitrogens with zero attached hydrogens (tertiary/aromatic N) is 1. The predicted molar refractivity (Wildman–Crippen MR) is 58.7 cm³/mol. The van der Waals surface area contributed by atoms with Gasteiger partial charge in [0, 0.05) is 21.1 Å². The molecule has 0 unspecified atom stereocenters. The summed E-state index contributed by atoms with van der Waals surface area (Å²) in [6, 6.07) is 12.6. The Morgan fingerprint density at radius 1 is 1.13 bits per heavy atom. The molecule has 78 valence electrons. The van der Waals surface area contributed by atoms with Crippen LogP contribution in [-0.4, -0.2) is 4.57 Å². The summed E-state index contributed by atoms with van der Waals surface area (Å²) in [6.45, 7) is 4.26. The number of rotatable bonds is 2. The number of aromatic nitrogens is 1. The Kier molecular flexibility index (Phi) is 4.35. The van der Waals surface area contributed by atoms with Crippen LogP contribution in [0.5, 0.6) is 0 Å². The molecule has 15 heavy (non-hydrogen) atoms. The van der Waals surface area contributed by atoms with Crippen molar-refractivity contribution in [2.75, 3.05) is 0 Å². The molecular formula is C13H14NW-. The van der Waals surface area contributed by atoms with Crippen molar-refractivity contribution in [3.63, 3.8) is 0 Å². The first-order valence-electron chi connectivity index (χ1n) is 4.96. The van der Waals surface area contributed by atoms with Gasteiger partial charge in [-0.25, -0.2) is 0 Å². The first-order chi connectivity index (χ1) is 6.81. The van der Waals surface area contributed by atoms with Crippen LogP contribution in [0, 0.1) is 13.1 Å². The van der Waals surface area contributed by atoms with Crippen LogP contribution in [0.4, 0.5) is 0 Å². The van der Waals surface area contributed by atoms with E-state index in [2.05, 4.69) is 54.9 Å². The van der Waals surface area contributed by atoms with E-state index in [9.17, 15) is 0 Å². The third kappa shape index (κ3) is 2.60. The van der Waals surface area contributed by atoms with Crippen LogP contribution in [0.1, 0.15) is 18.2 Å². The maximum absolute atomic E-state index is 3.18. The Hall–Kier alpha value is -0.812. The molecule has 2 aromatic rings. The molecule has 1 nitrogen and oxygen atoms in total. The molecule has 0 aliphatic heterocycles. The summed E-state index contributed by atoms with van der Waals surface area (Å²) in [5.41, 5.74) is 3.78. The fourth-order valence-corrected chi connectivity index (χ4v) is 1.57. The molecule has 2 heteroatoms. The summed E-state index contributed by atoms with van der Waals surface area (Å²) in [7, 11) is 0. The monoisotopic (exact) mass is 368 g/mol. The fraction of sp³-hybridized carbons (Fsp3) is 0.231. The van der Waals surface area contributed by atoms with Crippen LogP contribution >= 0.6 is 0 Å². The van der Waals surface area contributed by atoms with Gasteiger partial charge in [-0.2, -0.15) is 6.07 Å². The van der Waals surface area contributed by atoms with Gasteiger partial charge >= 0.3 is 0 Å². The predicted octanol–water partition coefficient (Wildman–Crippen LogP) is 3.15. The maximum Gasteiger partial charge on any atom is 0 e. The molecule has 1 aromatic carbocycles. The van der Waals surface area contributed by atoms with Crippen molar-refractivity contribution in [3.8, 4) is 5.69 Å². The van der Waals surface area contributed by atoms with Crippen molar-refractivity contribution in [1.82, 2.24) is 4.57 Å². The molecule has 0 N–H and O–H groups in total. The van der Waals surface area contributed by atoms with E-state index in [0.29, 0.717) is 0 Å². The van der Waals surface area contributed by atoms with Gasteiger partial charge in [0.05, 0.1) is 0 Å². The van der Waals surface area contributed by atoms with Crippen molar-refractivity contribution in [2.45, 2.75) is 20.3 Å². The quantitative estimate of drug-likeness (QED) is 0.718. The summed E-state index contributed by atoms with van der Waals surface area (Å²) < 4.78 is 2.07. The number of hydrogen-bond acceptors (Lipinski definition) is 0. The summed E-state index contributed by atoms with van der Waals surface area (Å²) in [5.74, 6) is 0. The number of hydrogen-bond donors (Lipinski definition) is 0. The largest absolute Gasteiger partial charge is 0.448 e. The Bertz CT molecular complexity index is 414. The van der Waals surface area contributed by atoms with Crippen LogP contribution in [0.3, 0.4) is 0 Å².